The van der Waals surface area contributed by atoms with Crippen LogP contribution in [0.5, 0.6) is 0 Å². The summed E-state index contributed by atoms with van der Waals surface area (Å²) in [6.45, 7) is 6.30. The monoisotopic (exact) mass is 219 g/mol. The normalized spacial score (nSPS) is 26.9. The Morgan fingerprint density at radius 1 is 1.19 bits per heavy atom. The molecule has 1 saturated heterocycles. The van der Waals surface area contributed by atoms with E-state index in [1.165, 1.54) is 18.4 Å². The molecule has 0 amide bonds. The molecule has 1 aliphatic heterocycles. The summed E-state index contributed by atoms with van der Waals surface area (Å²) in [6, 6.07) is 10.9. The zero-order valence-electron chi connectivity index (χ0n) is 10.2. The van der Waals surface area contributed by atoms with E-state index in [0.717, 1.165) is 12.5 Å². The van der Waals surface area contributed by atoms with Crippen LogP contribution in [0.2, 0.25) is 0 Å². The minimum atomic E-state index is 0.555. The molecular formula is C14H21NO. The highest BCUT2D eigenvalue weighted by molar-refractivity contribution is 5.13. The van der Waals surface area contributed by atoms with Gasteiger partial charge in [0.2, 0.25) is 0 Å². The Kier molecular flexibility index (Phi) is 3.97. The number of hydrogen-bond acceptors (Lipinski definition) is 2. The zero-order chi connectivity index (χ0) is 11.4. The summed E-state index contributed by atoms with van der Waals surface area (Å²) < 4.78 is 0. The van der Waals surface area contributed by atoms with Crippen molar-refractivity contribution in [3.05, 3.63) is 35.9 Å². The van der Waals surface area contributed by atoms with Crippen LogP contribution >= 0.6 is 0 Å². The molecule has 2 nitrogen and oxygen atoms in total. The van der Waals surface area contributed by atoms with Gasteiger partial charge < -0.3 is 0 Å². The molecule has 1 aromatic carbocycles. The Morgan fingerprint density at radius 2 is 1.94 bits per heavy atom. The molecule has 88 valence electrons. The van der Waals surface area contributed by atoms with Crippen LogP contribution in [0.1, 0.15) is 32.3 Å². The molecule has 1 heterocycles. The van der Waals surface area contributed by atoms with Gasteiger partial charge in [0.05, 0.1) is 6.61 Å². The summed E-state index contributed by atoms with van der Waals surface area (Å²) in [7, 11) is 0. The molecule has 16 heavy (non-hydrogen) atoms. The first-order chi connectivity index (χ1) is 7.75. The van der Waals surface area contributed by atoms with E-state index in [-0.39, 0.29) is 0 Å². The van der Waals surface area contributed by atoms with Gasteiger partial charge in [0.1, 0.15) is 0 Å². The first kappa shape index (κ1) is 11.6. The molecule has 0 spiro atoms. The van der Waals surface area contributed by atoms with Crippen LogP contribution in [-0.4, -0.2) is 17.6 Å². The van der Waals surface area contributed by atoms with E-state index in [1.54, 1.807) is 0 Å². The van der Waals surface area contributed by atoms with E-state index in [9.17, 15) is 0 Å². The highest BCUT2D eigenvalue weighted by Crippen LogP contribution is 2.22. The number of benzene rings is 1. The molecule has 1 aliphatic rings. The summed E-state index contributed by atoms with van der Waals surface area (Å²) in [6.07, 6.45) is 2.57. The van der Waals surface area contributed by atoms with Gasteiger partial charge in [-0.05, 0) is 31.2 Å². The van der Waals surface area contributed by atoms with Crippen molar-refractivity contribution in [2.75, 3.05) is 6.54 Å². The smallest absolute Gasteiger partial charge is 0.0936 e. The van der Waals surface area contributed by atoms with Crippen LogP contribution in [0.3, 0.4) is 0 Å². The van der Waals surface area contributed by atoms with Crippen molar-refractivity contribution in [3.63, 3.8) is 0 Å². The SMILES string of the molecule is CC1CCC(C)N(OCc2ccccc2)C1. The second kappa shape index (κ2) is 5.46. The minimum absolute atomic E-state index is 0.555. The first-order valence-electron chi connectivity index (χ1n) is 6.19. The molecule has 2 unspecified atom stereocenters. The molecule has 0 saturated carbocycles. The molecule has 0 radical (unpaired) electrons. The lowest BCUT2D eigenvalue weighted by molar-refractivity contribution is -0.211. The highest BCUT2D eigenvalue weighted by Gasteiger charge is 2.23. The molecule has 0 bridgehead atoms. The maximum atomic E-state index is 5.88. The summed E-state index contributed by atoms with van der Waals surface area (Å²) >= 11 is 0. The second-order valence-corrected chi connectivity index (χ2v) is 4.89. The number of rotatable bonds is 3. The number of hydrogen-bond donors (Lipinski definition) is 0. The molecule has 0 N–H and O–H groups in total. The van der Waals surface area contributed by atoms with Crippen molar-refractivity contribution < 1.29 is 4.84 Å². The van der Waals surface area contributed by atoms with Gasteiger partial charge >= 0.3 is 0 Å². The number of hydroxylamine groups is 2. The maximum absolute atomic E-state index is 5.88. The fourth-order valence-electron chi connectivity index (χ4n) is 2.16. The molecule has 0 aliphatic carbocycles. The Labute approximate surface area is 98.2 Å². The van der Waals surface area contributed by atoms with Crippen LogP contribution in [0.25, 0.3) is 0 Å². The highest BCUT2D eigenvalue weighted by atomic mass is 16.7. The van der Waals surface area contributed by atoms with Gasteiger partial charge in [-0.15, -0.1) is 0 Å². The van der Waals surface area contributed by atoms with Crippen LogP contribution in [0, 0.1) is 5.92 Å². The van der Waals surface area contributed by atoms with E-state index in [4.69, 9.17) is 4.84 Å². The summed E-state index contributed by atoms with van der Waals surface area (Å²) in [5, 5.41) is 2.15. The van der Waals surface area contributed by atoms with E-state index >= 15 is 0 Å². The average Bonchev–Trinajstić information content (AvgIpc) is 2.32. The van der Waals surface area contributed by atoms with Gasteiger partial charge in [0.15, 0.2) is 0 Å². The van der Waals surface area contributed by atoms with E-state index < -0.39 is 0 Å². The number of nitrogens with zero attached hydrogens (tertiary/aromatic N) is 1. The minimum Gasteiger partial charge on any atom is -0.294 e. The van der Waals surface area contributed by atoms with Crippen LogP contribution < -0.4 is 0 Å². The average molecular weight is 219 g/mol. The fraction of sp³-hybridized carbons (Fsp3) is 0.571. The zero-order valence-corrected chi connectivity index (χ0v) is 10.2. The van der Waals surface area contributed by atoms with Gasteiger partial charge in [-0.3, -0.25) is 4.84 Å². The standard InChI is InChI=1S/C14H21NO/c1-12-8-9-13(2)15(10-12)16-11-14-6-4-3-5-7-14/h3-7,12-13H,8-11H2,1-2H3. The Balaban J connectivity index is 1.85. The van der Waals surface area contributed by atoms with E-state index in [2.05, 4.69) is 43.2 Å². The summed E-state index contributed by atoms with van der Waals surface area (Å²) in [5.74, 6) is 0.756. The predicted molar refractivity (Wildman–Crippen MR) is 65.8 cm³/mol. The second-order valence-electron chi connectivity index (χ2n) is 4.89. The van der Waals surface area contributed by atoms with Crippen molar-refractivity contribution in [3.8, 4) is 0 Å². The molecule has 2 rings (SSSR count). The lowest BCUT2D eigenvalue weighted by Gasteiger charge is -2.35. The Morgan fingerprint density at radius 3 is 2.69 bits per heavy atom. The van der Waals surface area contributed by atoms with Crippen LogP contribution in [-0.2, 0) is 11.4 Å². The molecule has 2 atom stereocenters. The van der Waals surface area contributed by atoms with Crippen molar-refractivity contribution in [1.82, 2.24) is 5.06 Å². The Bertz CT molecular complexity index is 312. The number of piperidine rings is 1. The van der Waals surface area contributed by atoms with Crippen molar-refractivity contribution >= 4 is 0 Å². The maximum Gasteiger partial charge on any atom is 0.0936 e. The van der Waals surface area contributed by atoms with Gasteiger partial charge in [0.25, 0.3) is 0 Å². The first-order valence-corrected chi connectivity index (χ1v) is 6.19. The third-order valence-electron chi connectivity index (χ3n) is 3.30. The lowest BCUT2D eigenvalue weighted by Crippen LogP contribution is -2.40. The van der Waals surface area contributed by atoms with E-state index in [0.29, 0.717) is 12.6 Å². The quantitative estimate of drug-likeness (QED) is 0.774. The summed E-state index contributed by atoms with van der Waals surface area (Å²) in [5.41, 5.74) is 1.24. The predicted octanol–water partition coefficient (Wildman–Crippen LogP) is 3.24. The Hall–Kier alpha value is -0.860. The lowest BCUT2D eigenvalue weighted by atomic mass is 9.97. The van der Waals surface area contributed by atoms with Gasteiger partial charge in [-0.1, -0.05) is 37.3 Å². The van der Waals surface area contributed by atoms with Crippen LogP contribution in [0.4, 0.5) is 0 Å². The third kappa shape index (κ3) is 3.06. The molecular weight excluding hydrogens is 198 g/mol. The van der Waals surface area contributed by atoms with Crippen molar-refractivity contribution in [2.24, 2.45) is 5.92 Å². The van der Waals surface area contributed by atoms with Gasteiger partial charge in [-0.2, -0.15) is 5.06 Å². The van der Waals surface area contributed by atoms with E-state index in [1.807, 2.05) is 6.07 Å². The fourth-order valence-corrected chi connectivity index (χ4v) is 2.16. The largest absolute Gasteiger partial charge is 0.294 e. The van der Waals surface area contributed by atoms with Crippen molar-refractivity contribution in [1.29, 1.82) is 0 Å². The molecule has 1 aromatic rings. The molecule has 1 fully saturated rings. The van der Waals surface area contributed by atoms with Crippen molar-refractivity contribution in [2.45, 2.75) is 39.3 Å². The van der Waals surface area contributed by atoms with Gasteiger partial charge in [0, 0.05) is 12.6 Å². The molecule has 0 aromatic heterocycles. The third-order valence-corrected chi connectivity index (χ3v) is 3.30. The van der Waals surface area contributed by atoms with Crippen LogP contribution in [0.15, 0.2) is 30.3 Å². The summed E-state index contributed by atoms with van der Waals surface area (Å²) in [4.78, 5) is 5.88. The molecule has 2 heteroatoms. The van der Waals surface area contributed by atoms with Gasteiger partial charge in [-0.25, -0.2) is 0 Å². The topological polar surface area (TPSA) is 12.5 Å².